The van der Waals surface area contributed by atoms with Gasteiger partial charge in [0, 0.05) is 23.6 Å². The summed E-state index contributed by atoms with van der Waals surface area (Å²) in [4.78, 5) is 18.7. The van der Waals surface area contributed by atoms with E-state index in [4.69, 9.17) is 0 Å². The van der Waals surface area contributed by atoms with Crippen molar-refractivity contribution in [1.82, 2.24) is 4.98 Å². The molecule has 0 saturated heterocycles. The van der Waals surface area contributed by atoms with Crippen LogP contribution in [0.2, 0.25) is 0 Å². The number of carbonyl (C=O) groups is 1. The molecule has 1 heterocycles. The Kier molecular flexibility index (Phi) is 4.11. The molecule has 0 spiro atoms. The van der Waals surface area contributed by atoms with E-state index in [1.54, 1.807) is 6.20 Å². The molecule has 1 aromatic rings. The molecule has 3 unspecified atom stereocenters. The van der Waals surface area contributed by atoms with Gasteiger partial charge in [-0.05, 0) is 72.0 Å². The second-order valence-corrected chi connectivity index (χ2v) is 7.03. The number of pyridine rings is 1. The summed E-state index contributed by atoms with van der Waals surface area (Å²) in [7, 11) is 0. The Balaban J connectivity index is 1.66. The summed E-state index contributed by atoms with van der Waals surface area (Å²) in [6, 6.07) is 3.85. The number of carbonyl (C=O) groups excluding carboxylic acids is 1. The number of nitrogens with zero attached hydrogens (tertiary/aromatic N) is 2. The van der Waals surface area contributed by atoms with Gasteiger partial charge >= 0.3 is 0 Å². The van der Waals surface area contributed by atoms with Crippen molar-refractivity contribution in [3.63, 3.8) is 0 Å². The first-order valence-electron chi connectivity index (χ1n) is 7.59. The van der Waals surface area contributed by atoms with Gasteiger partial charge in [-0.25, -0.2) is 4.98 Å². The van der Waals surface area contributed by atoms with Crippen molar-refractivity contribution in [3.8, 4) is 0 Å². The maximum absolute atomic E-state index is 12.6. The second kappa shape index (κ2) is 5.84. The van der Waals surface area contributed by atoms with Gasteiger partial charge < -0.3 is 0 Å². The number of halogens is 1. The van der Waals surface area contributed by atoms with Gasteiger partial charge in [0.25, 0.3) is 0 Å². The van der Waals surface area contributed by atoms with Crippen LogP contribution in [0.4, 0.5) is 5.82 Å². The van der Waals surface area contributed by atoms with Crippen molar-refractivity contribution < 1.29 is 4.79 Å². The lowest BCUT2D eigenvalue weighted by Gasteiger charge is -2.25. The molecule has 0 radical (unpaired) electrons. The Morgan fingerprint density at radius 2 is 2.25 bits per heavy atom. The lowest BCUT2D eigenvalue weighted by atomic mass is 9.86. The van der Waals surface area contributed by atoms with E-state index in [2.05, 4.69) is 20.9 Å². The molecule has 2 aliphatic rings. The van der Waals surface area contributed by atoms with Gasteiger partial charge in [-0.3, -0.25) is 9.69 Å². The van der Waals surface area contributed by atoms with Gasteiger partial charge in [0.15, 0.2) is 0 Å². The highest BCUT2D eigenvalue weighted by Crippen LogP contribution is 2.49. The average Bonchev–Trinajstić information content (AvgIpc) is 3.04. The van der Waals surface area contributed by atoms with Gasteiger partial charge in [-0.2, -0.15) is 0 Å². The lowest BCUT2D eigenvalue weighted by Crippen LogP contribution is -2.33. The zero-order valence-corrected chi connectivity index (χ0v) is 13.5. The van der Waals surface area contributed by atoms with Crippen LogP contribution in [-0.2, 0) is 4.79 Å². The number of fused-ring (bicyclic) bond motifs is 2. The fourth-order valence-electron chi connectivity index (χ4n) is 3.95. The minimum absolute atomic E-state index is 0.236. The molecule has 2 saturated carbocycles. The highest BCUT2D eigenvalue weighted by atomic mass is 79.9. The van der Waals surface area contributed by atoms with E-state index in [1.807, 2.05) is 24.0 Å². The normalized spacial score (nSPS) is 27.8. The Bertz CT molecular complexity index is 488. The molecule has 4 heteroatoms. The molecule has 3 rings (SSSR count). The van der Waals surface area contributed by atoms with Crippen LogP contribution in [0.15, 0.2) is 22.8 Å². The zero-order chi connectivity index (χ0) is 14.1. The van der Waals surface area contributed by atoms with Gasteiger partial charge in [0.2, 0.25) is 5.91 Å². The minimum atomic E-state index is 0.236. The van der Waals surface area contributed by atoms with E-state index >= 15 is 0 Å². The topological polar surface area (TPSA) is 33.2 Å². The van der Waals surface area contributed by atoms with Crippen LogP contribution in [-0.4, -0.2) is 17.4 Å². The number of amides is 1. The average molecular weight is 337 g/mol. The van der Waals surface area contributed by atoms with Crippen LogP contribution in [0.25, 0.3) is 0 Å². The smallest absolute Gasteiger partial charge is 0.228 e. The fraction of sp³-hybridized carbons (Fsp3) is 0.625. The first-order chi connectivity index (χ1) is 9.67. The maximum atomic E-state index is 12.6. The molecule has 0 N–H and O–H groups in total. The van der Waals surface area contributed by atoms with Crippen LogP contribution in [0.5, 0.6) is 0 Å². The number of rotatable bonds is 4. The summed E-state index contributed by atoms with van der Waals surface area (Å²) in [6.45, 7) is 2.71. The number of aromatic nitrogens is 1. The molecule has 3 atom stereocenters. The van der Waals surface area contributed by atoms with Crippen molar-refractivity contribution in [2.45, 2.75) is 39.0 Å². The molecular formula is C16H21BrN2O. The Morgan fingerprint density at radius 3 is 2.80 bits per heavy atom. The molecule has 0 aromatic carbocycles. The molecule has 2 aliphatic carbocycles. The molecule has 2 bridgehead atoms. The van der Waals surface area contributed by atoms with Gasteiger partial charge in [-0.15, -0.1) is 0 Å². The standard InChI is InChI=1S/C16H21BrN2O/c1-2-19(15-6-5-14(17)10-18-15)16(20)9-13-8-11-3-4-12(13)7-11/h5-6,10-13H,2-4,7-9H2,1H3. The summed E-state index contributed by atoms with van der Waals surface area (Å²) < 4.78 is 0.942. The molecular weight excluding hydrogens is 316 g/mol. The summed E-state index contributed by atoms with van der Waals surface area (Å²) in [5.74, 6) is 3.33. The Morgan fingerprint density at radius 1 is 1.40 bits per heavy atom. The molecule has 3 nitrogen and oxygen atoms in total. The van der Waals surface area contributed by atoms with Crippen molar-refractivity contribution in [3.05, 3.63) is 22.8 Å². The van der Waals surface area contributed by atoms with Crippen molar-refractivity contribution >= 4 is 27.7 Å². The lowest BCUT2D eigenvalue weighted by molar-refractivity contribution is -0.119. The summed E-state index contributed by atoms with van der Waals surface area (Å²) in [5.41, 5.74) is 0. The monoisotopic (exact) mass is 336 g/mol. The second-order valence-electron chi connectivity index (χ2n) is 6.11. The predicted molar refractivity (Wildman–Crippen MR) is 83.5 cm³/mol. The number of anilines is 1. The van der Waals surface area contributed by atoms with E-state index in [-0.39, 0.29) is 5.91 Å². The molecule has 20 heavy (non-hydrogen) atoms. The van der Waals surface area contributed by atoms with Gasteiger partial charge in [0.1, 0.15) is 5.82 Å². The molecule has 1 amide bonds. The quantitative estimate of drug-likeness (QED) is 0.831. The summed E-state index contributed by atoms with van der Waals surface area (Å²) >= 11 is 3.38. The molecule has 108 valence electrons. The third-order valence-electron chi connectivity index (χ3n) is 4.93. The fourth-order valence-corrected chi connectivity index (χ4v) is 4.19. The van der Waals surface area contributed by atoms with Crippen LogP contribution in [0.1, 0.15) is 39.0 Å². The summed E-state index contributed by atoms with van der Waals surface area (Å²) in [6.07, 6.45) is 7.81. The predicted octanol–water partition coefficient (Wildman–Crippen LogP) is 4.02. The SMILES string of the molecule is CCN(C(=O)CC1CC2CCC1C2)c1ccc(Br)cn1. The van der Waals surface area contributed by atoms with Crippen LogP contribution < -0.4 is 4.90 Å². The van der Waals surface area contributed by atoms with E-state index in [1.165, 1.54) is 25.7 Å². The van der Waals surface area contributed by atoms with Crippen LogP contribution in [0, 0.1) is 17.8 Å². The van der Waals surface area contributed by atoms with E-state index in [9.17, 15) is 4.79 Å². The van der Waals surface area contributed by atoms with Gasteiger partial charge in [0.05, 0.1) is 0 Å². The first-order valence-corrected chi connectivity index (χ1v) is 8.38. The maximum Gasteiger partial charge on any atom is 0.228 e. The third-order valence-corrected chi connectivity index (χ3v) is 5.40. The Hall–Kier alpha value is -0.900. The highest BCUT2D eigenvalue weighted by molar-refractivity contribution is 9.10. The van der Waals surface area contributed by atoms with Crippen molar-refractivity contribution in [2.75, 3.05) is 11.4 Å². The van der Waals surface area contributed by atoms with E-state index in [0.717, 1.165) is 22.1 Å². The Labute approximate surface area is 128 Å². The number of hydrogen-bond acceptors (Lipinski definition) is 2. The summed E-state index contributed by atoms with van der Waals surface area (Å²) in [5, 5.41) is 0. The first kappa shape index (κ1) is 14.1. The molecule has 2 fully saturated rings. The largest absolute Gasteiger partial charge is 0.297 e. The van der Waals surface area contributed by atoms with Crippen LogP contribution >= 0.6 is 15.9 Å². The van der Waals surface area contributed by atoms with Crippen molar-refractivity contribution in [1.29, 1.82) is 0 Å². The highest BCUT2D eigenvalue weighted by Gasteiger charge is 2.40. The minimum Gasteiger partial charge on any atom is -0.297 e. The molecule has 1 aromatic heterocycles. The van der Waals surface area contributed by atoms with Gasteiger partial charge in [-0.1, -0.05) is 6.42 Å². The van der Waals surface area contributed by atoms with Crippen molar-refractivity contribution in [2.24, 2.45) is 17.8 Å². The molecule has 0 aliphatic heterocycles. The number of hydrogen-bond donors (Lipinski definition) is 0. The van der Waals surface area contributed by atoms with Crippen LogP contribution in [0.3, 0.4) is 0 Å². The zero-order valence-electron chi connectivity index (χ0n) is 11.9. The third kappa shape index (κ3) is 2.76. The van der Waals surface area contributed by atoms with E-state index < -0.39 is 0 Å². The van der Waals surface area contributed by atoms with E-state index in [0.29, 0.717) is 18.9 Å².